The summed E-state index contributed by atoms with van der Waals surface area (Å²) in [5.41, 5.74) is 6.41. The van der Waals surface area contributed by atoms with Gasteiger partial charge in [0.05, 0.1) is 0 Å². The highest BCUT2D eigenvalue weighted by Gasteiger charge is 2.13. The highest BCUT2D eigenvalue weighted by molar-refractivity contribution is 5.92. The molecule has 4 heteroatoms. The molecule has 0 aliphatic carbocycles. The number of carbonyl (C=O) groups is 2. The second kappa shape index (κ2) is 8.65. The maximum Gasteiger partial charge on any atom is 0.226 e. The Morgan fingerprint density at radius 2 is 1.50 bits per heavy atom. The number of carbonyl (C=O) groups excluding carboxylic acids is 2. The van der Waals surface area contributed by atoms with Crippen molar-refractivity contribution in [2.24, 2.45) is 0 Å². The van der Waals surface area contributed by atoms with Gasteiger partial charge in [-0.15, -0.1) is 0 Å². The predicted molar refractivity (Wildman–Crippen MR) is 106 cm³/mol. The minimum absolute atomic E-state index is 0.0268. The summed E-state index contributed by atoms with van der Waals surface area (Å²) in [7, 11) is 0. The summed E-state index contributed by atoms with van der Waals surface area (Å²) in [6, 6.07) is 12.2. The maximum absolute atomic E-state index is 12.4. The van der Waals surface area contributed by atoms with E-state index in [1.165, 1.54) is 11.1 Å². The van der Waals surface area contributed by atoms with Crippen molar-refractivity contribution < 1.29 is 9.59 Å². The van der Waals surface area contributed by atoms with Crippen molar-refractivity contribution in [2.45, 2.75) is 47.6 Å². The van der Waals surface area contributed by atoms with E-state index >= 15 is 0 Å². The smallest absolute Gasteiger partial charge is 0.226 e. The normalized spacial score (nSPS) is 10.5. The molecule has 138 valence electrons. The van der Waals surface area contributed by atoms with Crippen molar-refractivity contribution in [3.8, 4) is 0 Å². The number of hydrogen-bond donors (Lipinski definition) is 1. The largest absolute Gasteiger partial charge is 0.338 e. The fourth-order valence-electron chi connectivity index (χ4n) is 3.08. The van der Waals surface area contributed by atoms with Gasteiger partial charge in [0, 0.05) is 32.1 Å². The molecular formula is C22H28N2O2. The average molecular weight is 352 g/mol. The van der Waals surface area contributed by atoms with Gasteiger partial charge in [0.25, 0.3) is 0 Å². The SMILES string of the molecule is CC(=O)N(CCC(=O)Nc1c(C)cc(C)cc1C)Cc1ccc(C)cc1. The summed E-state index contributed by atoms with van der Waals surface area (Å²) in [4.78, 5) is 26.0. The third-order valence-corrected chi connectivity index (χ3v) is 4.49. The number of rotatable bonds is 6. The molecule has 4 nitrogen and oxygen atoms in total. The van der Waals surface area contributed by atoms with E-state index in [1.807, 2.05) is 52.0 Å². The van der Waals surface area contributed by atoms with Crippen LogP contribution in [-0.4, -0.2) is 23.3 Å². The van der Waals surface area contributed by atoms with Crippen LogP contribution in [0.5, 0.6) is 0 Å². The lowest BCUT2D eigenvalue weighted by molar-refractivity contribution is -0.129. The standard InChI is InChI=1S/C22H28N2O2/c1-15-6-8-20(9-7-15)14-24(19(5)25)11-10-21(26)23-22-17(3)12-16(2)13-18(22)4/h6-9,12-13H,10-11,14H2,1-5H3,(H,23,26). The number of hydrogen-bond acceptors (Lipinski definition) is 2. The van der Waals surface area contributed by atoms with Gasteiger partial charge in [0.15, 0.2) is 0 Å². The van der Waals surface area contributed by atoms with Gasteiger partial charge >= 0.3 is 0 Å². The first-order valence-electron chi connectivity index (χ1n) is 8.95. The van der Waals surface area contributed by atoms with E-state index in [2.05, 4.69) is 17.4 Å². The van der Waals surface area contributed by atoms with Gasteiger partial charge in [-0.3, -0.25) is 9.59 Å². The molecule has 2 rings (SSSR count). The number of anilines is 1. The molecule has 0 aromatic heterocycles. The fourth-order valence-corrected chi connectivity index (χ4v) is 3.08. The molecule has 0 spiro atoms. The van der Waals surface area contributed by atoms with Crippen LogP contribution in [0.1, 0.15) is 41.2 Å². The second-order valence-corrected chi connectivity index (χ2v) is 7.00. The molecule has 0 saturated heterocycles. The van der Waals surface area contributed by atoms with Gasteiger partial charge in [-0.05, 0) is 44.4 Å². The zero-order valence-corrected chi connectivity index (χ0v) is 16.3. The monoisotopic (exact) mass is 352 g/mol. The molecule has 2 aromatic rings. The number of nitrogens with one attached hydrogen (secondary N) is 1. The lowest BCUT2D eigenvalue weighted by atomic mass is 10.0. The number of benzene rings is 2. The number of nitrogens with zero attached hydrogens (tertiary/aromatic N) is 1. The molecule has 1 N–H and O–H groups in total. The van der Waals surface area contributed by atoms with Gasteiger partial charge in [0.1, 0.15) is 0 Å². The van der Waals surface area contributed by atoms with Crippen LogP contribution in [0.4, 0.5) is 5.69 Å². The third-order valence-electron chi connectivity index (χ3n) is 4.49. The van der Waals surface area contributed by atoms with E-state index in [0.717, 1.165) is 22.4 Å². The Labute approximate surface area is 156 Å². The Hall–Kier alpha value is -2.62. The summed E-state index contributed by atoms with van der Waals surface area (Å²) >= 11 is 0. The van der Waals surface area contributed by atoms with Crippen LogP contribution < -0.4 is 5.32 Å². The summed E-state index contributed by atoms with van der Waals surface area (Å²) in [5.74, 6) is -0.101. The fraction of sp³-hybridized carbons (Fsp3) is 0.364. The van der Waals surface area contributed by atoms with E-state index in [4.69, 9.17) is 0 Å². The van der Waals surface area contributed by atoms with Gasteiger partial charge < -0.3 is 10.2 Å². The van der Waals surface area contributed by atoms with Crippen molar-refractivity contribution in [1.29, 1.82) is 0 Å². The van der Waals surface area contributed by atoms with Crippen LogP contribution in [0.3, 0.4) is 0 Å². The van der Waals surface area contributed by atoms with Crippen LogP contribution in [0, 0.1) is 27.7 Å². The molecule has 0 saturated carbocycles. The molecule has 2 amide bonds. The first-order chi connectivity index (χ1) is 12.3. The molecule has 0 bridgehead atoms. The van der Waals surface area contributed by atoms with Crippen LogP contribution >= 0.6 is 0 Å². The highest BCUT2D eigenvalue weighted by Crippen LogP contribution is 2.22. The Balaban J connectivity index is 1.97. The topological polar surface area (TPSA) is 49.4 Å². The molecule has 0 fully saturated rings. The number of amides is 2. The third kappa shape index (κ3) is 5.45. The second-order valence-electron chi connectivity index (χ2n) is 7.00. The van der Waals surface area contributed by atoms with Gasteiger partial charge in [0.2, 0.25) is 11.8 Å². The molecule has 0 aliphatic rings. The first kappa shape index (κ1) is 19.7. The van der Waals surface area contributed by atoms with E-state index in [9.17, 15) is 9.59 Å². The van der Waals surface area contributed by atoms with Crippen molar-refractivity contribution >= 4 is 17.5 Å². The molecule has 0 radical (unpaired) electrons. The van der Waals surface area contributed by atoms with Gasteiger partial charge in [-0.2, -0.15) is 0 Å². The summed E-state index contributed by atoms with van der Waals surface area (Å²) in [6.07, 6.45) is 0.276. The Kier molecular flexibility index (Phi) is 6.56. The average Bonchev–Trinajstić information content (AvgIpc) is 2.56. The predicted octanol–water partition coefficient (Wildman–Crippen LogP) is 4.30. The molecule has 26 heavy (non-hydrogen) atoms. The van der Waals surface area contributed by atoms with E-state index in [0.29, 0.717) is 13.1 Å². The quantitative estimate of drug-likeness (QED) is 0.843. The highest BCUT2D eigenvalue weighted by atomic mass is 16.2. The van der Waals surface area contributed by atoms with Crippen LogP contribution in [-0.2, 0) is 16.1 Å². The van der Waals surface area contributed by atoms with E-state index in [1.54, 1.807) is 11.8 Å². The van der Waals surface area contributed by atoms with Crippen molar-refractivity contribution in [1.82, 2.24) is 4.90 Å². The lowest BCUT2D eigenvalue weighted by Gasteiger charge is -2.21. The van der Waals surface area contributed by atoms with Crippen LogP contribution in [0.2, 0.25) is 0 Å². The zero-order chi connectivity index (χ0) is 19.3. The van der Waals surface area contributed by atoms with Gasteiger partial charge in [-0.25, -0.2) is 0 Å². The maximum atomic E-state index is 12.4. The van der Waals surface area contributed by atoms with Gasteiger partial charge in [-0.1, -0.05) is 47.5 Å². The summed E-state index contributed by atoms with van der Waals surface area (Å²) in [6.45, 7) is 10.5. The zero-order valence-electron chi connectivity index (χ0n) is 16.3. The molecule has 2 aromatic carbocycles. The van der Waals surface area contributed by atoms with Crippen LogP contribution in [0.25, 0.3) is 0 Å². The molecular weight excluding hydrogens is 324 g/mol. The van der Waals surface area contributed by atoms with Crippen LogP contribution in [0.15, 0.2) is 36.4 Å². The minimum atomic E-state index is -0.0739. The lowest BCUT2D eigenvalue weighted by Crippen LogP contribution is -2.31. The first-order valence-corrected chi connectivity index (χ1v) is 8.95. The molecule has 0 heterocycles. The number of aryl methyl sites for hydroxylation is 4. The van der Waals surface area contributed by atoms with Crippen molar-refractivity contribution in [3.05, 3.63) is 64.2 Å². The molecule has 0 atom stereocenters. The Morgan fingerprint density at radius 1 is 0.923 bits per heavy atom. The molecule has 0 aliphatic heterocycles. The Morgan fingerprint density at radius 3 is 2.04 bits per heavy atom. The van der Waals surface area contributed by atoms with E-state index < -0.39 is 0 Å². The summed E-state index contributed by atoms with van der Waals surface area (Å²) < 4.78 is 0. The summed E-state index contributed by atoms with van der Waals surface area (Å²) in [5, 5.41) is 2.99. The van der Waals surface area contributed by atoms with Crippen molar-refractivity contribution in [2.75, 3.05) is 11.9 Å². The Bertz CT molecular complexity index is 771. The van der Waals surface area contributed by atoms with E-state index in [-0.39, 0.29) is 18.2 Å². The minimum Gasteiger partial charge on any atom is -0.338 e. The van der Waals surface area contributed by atoms with Crippen molar-refractivity contribution in [3.63, 3.8) is 0 Å². The molecule has 0 unspecified atom stereocenters.